The van der Waals surface area contributed by atoms with Crippen molar-refractivity contribution in [2.75, 3.05) is 12.1 Å². The van der Waals surface area contributed by atoms with E-state index in [2.05, 4.69) is 15.0 Å². The minimum atomic E-state index is -4.71. The summed E-state index contributed by atoms with van der Waals surface area (Å²) in [6.07, 6.45) is -2.68. The van der Waals surface area contributed by atoms with Gasteiger partial charge in [-0.05, 0) is 35.5 Å². The van der Waals surface area contributed by atoms with Gasteiger partial charge in [0, 0.05) is 12.4 Å². The molecule has 1 aliphatic rings. The molecule has 0 spiro atoms. The molecule has 192 valence electrons. The number of aromatic nitrogens is 5. The first-order valence-electron chi connectivity index (χ1n) is 10.8. The van der Waals surface area contributed by atoms with Crippen molar-refractivity contribution in [1.82, 2.24) is 24.1 Å². The monoisotopic (exact) mass is 557 g/mol. The minimum absolute atomic E-state index is 0.0831. The van der Waals surface area contributed by atoms with Crippen molar-refractivity contribution in [3.63, 3.8) is 0 Å². The molecule has 13 nitrogen and oxygen atoms in total. The molecule has 5 unspecified atom stereocenters. The first-order valence-corrected chi connectivity index (χ1v) is 15.0. The zero-order chi connectivity index (χ0) is 25.8. The Bertz CT molecular complexity index is 1540. The number of rotatable bonds is 7. The van der Waals surface area contributed by atoms with Gasteiger partial charge in [0.1, 0.15) is 18.1 Å². The molecule has 16 heteroatoms. The van der Waals surface area contributed by atoms with Crippen molar-refractivity contribution in [3.8, 4) is 5.82 Å². The Morgan fingerprint density at radius 3 is 2.56 bits per heavy atom. The molecule has 1 saturated heterocycles. The van der Waals surface area contributed by atoms with Crippen molar-refractivity contribution in [3.05, 3.63) is 48.1 Å². The van der Waals surface area contributed by atoms with Gasteiger partial charge in [-0.15, -0.1) is 0 Å². The molecular weight excluding hydrogens is 536 g/mol. The summed E-state index contributed by atoms with van der Waals surface area (Å²) >= 11 is 6.22. The standard InChI is InChI=1S/C20H22ClN5O8P2/c21-20-23-17(25-7-5-11-3-1-2-4-12(11)25)14-18(24-20)26(9-22-14)19-16(28)15(27)13(34-19)6-8-35(29,30)10-36(31,32)33/h1-5,7,9,13,15-16,19,27-28H,6,8,10H2,(H,29,30)(H2,31,32,33). The normalized spacial score (nSPS) is 24.5. The Kier molecular flexibility index (Phi) is 6.57. The van der Waals surface area contributed by atoms with Gasteiger partial charge in [-0.25, -0.2) is 4.98 Å². The summed E-state index contributed by atoms with van der Waals surface area (Å²) in [7, 11) is -8.90. The summed E-state index contributed by atoms with van der Waals surface area (Å²) < 4.78 is 32.2. The highest BCUT2D eigenvalue weighted by molar-refractivity contribution is 7.72. The zero-order valence-electron chi connectivity index (χ0n) is 18.4. The molecule has 5 rings (SSSR count). The summed E-state index contributed by atoms with van der Waals surface area (Å²) in [6.45, 7) is 0. The van der Waals surface area contributed by atoms with Gasteiger partial charge >= 0.3 is 7.60 Å². The van der Waals surface area contributed by atoms with Crippen LogP contribution in [-0.4, -0.2) is 79.4 Å². The van der Waals surface area contributed by atoms with E-state index in [1.165, 1.54) is 10.9 Å². The number of nitrogens with zero attached hydrogens (tertiary/aromatic N) is 5. The predicted octanol–water partition coefficient (Wildman–Crippen LogP) is 1.84. The number of fused-ring (bicyclic) bond motifs is 2. The Balaban J connectivity index is 1.45. The molecule has 5 atom stereocenters. The summed E-state index contributed by atoms with van der Waals surface area (Å²) in [5.41, 5.74) is 1.45. The van der Waals surface area contributed by atoms with Gasteiger partial charge in [0.05, 0.1) is 17.9 Å². The number of aliphatic hydroxyl groups excluding tert-OH is 2. The van der Waals surface area contributed by atoms with E-state index in [-0.39, 0.29) is 17.4 Å². The molecule has 0 radical (unpaired) electrons. The average Bonchev–Trinajstić information content (AvgIpc) is 3.47. The van der Waals surface area contributed by atoms with Crippen LogP contribution >= 0.6 is 26.6 Å². The molecule has 0 amide bonds. The zero-order valence-corrected chi connectivity index (χ0v) is 21.0. The topological polar surface area (TPSA) is 193 Å². The molecule has 3 aromatic heterocycles. The summed E-state index contributed by atoms with van der Waals surface area (Å²) in [5, 5.41) is 22.1. The smallest absolute Gasteiger partial charge is 0.335 e. The van der Waals surface area contributed by atoms with E-state index < -0.39 is 51.6 Å². The number of ether oxygens (including phenoxy) is 1. The van der Waals surface area contributed by atoms with E-state index >= 15 is 0 Å². The molecule has 4 aromatic rings. The van der Waals surface area contributed by atoms with Crippen LogP contribution in [0, 0.1) is 0 Å². The Labute approximate surface area is 208 Å². The second-order valence-electron chi connectivity index (χ2n) is 8.60. The number of aliphatic hydroxyl groups is 2. The molecule has 0 bridgehead atoms. The van der Waals surface area contributed by atoms with Gasteiger partial charge < -0.3 is 29.6 Å². The highest BCUT2D eigenvalue weighted by Gasteiger charge is 2.45. The SMILES string of the molecule is O=P(O)(O)CP(=O)(O)CCC1OC(n2cnc3c(-n4ccc5ccccc54)nc(Cl)nc32)C(O)C1O. The number of benzene rings is 1. The van der Waals surface area contributed by atoms with Gasteiger partial charge in [0.15, 0.2) is 23.2 Å². The highest BCUT2D eigenvalue weighted by atomic mass is 35.5. The van der Waals surface area contributed by atoms with Crippen LogP contribution in [-0.2, 0) is 13.9 Å². The number of hydrogen-bond donors (Lipinski definition) is 5. The third kappa shape index (κ3) is 4.87. The number of halogens is 1. The van der Waals surface area contributed by atoms with Gasteiger partial charge in [-0.3, -0.25) is 18.3 Å². The molecular formula is C20H22ClN5O8P2. The fourth-order valence-corrected chi connectivity index (χ4v) is 8.07. The lowest BCUT2D eigenvalue weighted by Gasteiger charge is -2.18. The summed E-state index contributed by atoms with van der Waals surface area (Å²) in [6, 6.07) is 9.55. The first kappa shape index (κ1) is 25.5. The largest absolute Gasteiger partial charge is 0.388 e. The molecule has 1 aromatic carbocycles. The molecule has 0 aliphatic carbocycles. The van der Waals surface area contributed by atoms with Crippen molar-refractivity contribution in [2.45, 2.75) is 31.0 Å². The molecule has 1 aliphatic heterocycles. The number of hydrogen-bond acceptors (Lipinski definition) is 8. The predicted molar refractivity (Wildman–Crippen MR) is 129 cm³/mol. The molecule has 0 saturated carbocycles. The van der Waals surface area contributed by atoms with Gasteiger partial charge in [-0.2, -0.15) is 9.97 Å². The Morgan fingerprint density at radius 1 is 1.06 bits per heavy atom. The van der Waals surface area contributed by atoms with Crippen molar-refractivity contribution >= 4 is 48.6 Å². The van der Waals surface area contributed by atoms with Crippen LogP contribution in [0.1, 0.15) is 12.6 Å². The van der Waals surface area contributed by atoms with Crippen molar-refractivity contribution in [1.29, 1.82) is 0 Å². The van der Waals surface area contributed by atoms with E-state index in [1.54, 1.807) is 4.57 Å². The van der Waals surface area contributed by atoms with E-state index in [0.29, 0.717) is 11.3 Å². The molecule has 1 fully saturated rings. The third-order valence-electron chi connectivity index (χ3n) is 5.98. The quantitative estimate of drug-likeness (QED) is 0.164. The maximum Gasteiger partial charge on any atom is 0.335 e. The van der Waals surface area contributed by atoms with Crippen molar-refractivity contribution in [2.24, 2.45) is 0 Å². The molecule has 4 heterocycles. The second kappa shape index (κ2) is 9.29. The maximum absolute atomic E-state index is 12.2. The van der Waals surface area contributed by atoms with E-state index in [9.17, 15) is 24.2 Å². The van der Waals surface area contributed by atoms with Gasteiger partial charge in [0.25, 0.3) is 0 Å². The maximum atomic E-state index is 12.2. The van der Waals surface area contributed by atoms with Crippen LogP contribution in [0.3, 0.4) is 0 Å². The van der Waals surface area contributed by atoms with Crippen molar-refractivity contribution < 1.29 is 38.8 Å². The van der Waals surface area contributed by atoms with Crippen LogP contribution < -0.4 is 0 Å². The average molecular weight is 558 g/mol. The summed E-state index contributed by atoms with van der Waals surface area (Å²) in [5.74, 6) is -0.777. The van der Waals surface area contributed by atoms with Crippen LogP contribution in [0.25, 0.3) is 27.9 Å². The summed E-state index contributed by atoms with van der Waals surface area (Å²) in [4.78, 5) is 40.9. The minimum Gasteiger partial charge on any atom is -0.388 e. The van der Waals surface area contributed by atoms with Gasteiger partial charge in [0.2, 0.25) is 12.7 Å². The number of imidazole rings is 1. The van der Waals surface area contributed by atoms with Gasteiger partial charge in [-0.1, -0.05) is 18.2 Å². The fourth-order valence-electron chi connectivity index (χ4n) is 4.38. The number of para-hydroxylation sites is 1. The highest BCUT2D eigenvalue weighted by Crippen LogP contribution is 2.55. The Hall–Kier alpha value is -2.18. The van der Waals surface area contributed by atoms with Crippen LogP contribution in [0.15, 0.2) is 42.9 Å². The second-order valence-corrected chi connectivity index (χ2v) is 13.5. The first-order chi connectivity index (χ1) is 16.9. The van der Waals surface area contributed by atoms with Crippen LogP contribution in [0.4, 0.5) is 0 Å². The van der Waals surface area contributed by atoms with E-state index in [1.807, 2.05) is 36.5 Å². The van der Waals surface area contributed by atoms with Crippen LogP contribution in [0.5, 0.6) is 0 Å². The van der Waals surface area contributed by atoms with Crippen LogP contribution in [0.2, 0.25) is 5.28 Å². The Morgan fingerprint density at radius 2 is 1.81 bits per heavy atom. The third-order valence-corrected chi connectivity index (χ3v) is 10.4. The molecule has 36 heavy (non-hydrogen) atoms. The lowest BCUT2D eigenvalue weighted by molar-refractivity contribution is -0.0354. The lowest BCUT2D eigenvalue weighted by atomic mass is 10.1. The lowest BCUT2D eigenvalue weighted by Crippen LogP contribution is -2.32. The van der Waals surface area contributed by atoms with E-state index in [0.717, 1.165) is 10.9 Å². The molecule has 5 N–H and O–H groups in total. The fraction of sp³-hybridized carbons (Fsp3) is 0.350. The van der Waals surface area contributed by atoms with E-state index in [4.69, 9.17) is 26.1 Å².